The molecule has 0 aliphatic rings. The highest BCUT2D eigenvalue weighted by Crippen LogP contribution is 2.22. The van der Waals surface area contributed by atoms with Crippen molar-refractivity contribution in [1.82, 2.24) is 0 Å². The first kappa shape index (κ1) is 12.8. The van der Waals surface area contributed by atoms with Crippen molar-refractivity contribution in [2.75, 3.05) is 0 Å². The van der Waals surface area contributed by atoms with Crippen LogP contribution in [-0.4, -0.2) is 6.98 Å². The molecule has 0 bridgehead atoms. The van der Waals surface area contributed by atoms with E-state index in [1.165, 1.54) is 12.1 Å². The van der Waals surface area contributed by atoms with Crippen molar-refractivity contribution >= 4 is 24.0 Å². The van der Waals surface area contributed by atoms with Gasteiger partial charge in [0.25, 0.3) is 0 Å². The lowest BCUT2D eigenvalue weighted by Gasteiger charge is -2.15. The van der Waals surface area contributed by atoms with Crippen molar-refractivity contribution in [3.8, 4) is 11.5 Å². The topological polar surface area (TPSA) is 9.23 Å². The fraction of sp³-hybridized carbons (Fsp3) is 0. The molecule has 0 heterocycles. The van der Waals surface area contributed by atoms with Crippen LogP contribution in [0.4, 0.5) is 12.9 Å². The third-order valence-corrected chi connectivity index (χ3v) is 2.56. The zero-order valence-electron chi connectivity index (χ0n) is 9.12. The standard InChI is InChI=1S/C12H8BClF3O/c14-10-3-7-12(8-4-10)18-11-5-1-9(2-6-11)13(15,16)17/h1-8H/q-1. The SMILES string of the molecule is F[B-](F)(F)c1ccc(Oc2ccc(Cl)cc2)cc1. The second-order valence-electron chi connectivity index (χ2n) is 3.70. The summed E-state index contributed by atoms with van der Waals surface area (Å²) in [5, 5.41) is 0.567. The number of ether oxygens (including phenoxy) is 1. The molecule has 0 amide bonds. The van der Waals surface area contributed by atoms with Crippen LogP contribution in [0.25, 0.3) is 0 Å². The van der Waals surface area contributed by atoms with Crippen LogP contribution in [-0.2, 0) is 0 Å². The number of rotatable bonds is 3. The summed E-state index contributed by atoms with van der Waals surface area (Å²) in [6.45, 7) is -4.96. The molecule has 0 spiro atoms. The summed E-state index contributed by atoms with van der Waals surface area (Å²) in [4.78, 5) is 0. The fourth-order valence-corrected chi connectivity index (χ4v) is 1.52. The van der Waals surface area contributed by atoms with Crippen molar-refractivity contribution in [3.05, 3.63) is 53.6 Å². The first-order chi connectivity index (χ1) is 8.45. The van der Waals surface area contributed by atoms with Gasteiger partial charge in [0.05, 0.1) is 0 Å². The molecule has 2 rings (SSSR count). The smallest absolute Gasteiger partial charge is 0.457 e. The molecule has 0 atom stereocenters. The van der Waals surface area contributed by atoms with Gasteiger partial charge in [0.2, 0.25) is 0 Å². The Labute approximate surface area is 107 Å². The molecule has 0 saturated carbocycles. The van der Waals surface area contributed by atoms with Crippen molar-refractivity contribution in [3.63, 3.8) is 0 Å². The molecule has 0 aliphatic heterocycles. The summed E-state index contributed by atoms with van der Waals surface area (Å²) < 4.78 is 42.6. The van der Waals surface area contributed by atoms with Crippen LogP contribution >= 0.6 is 11.6 Å². The van der Waals surface area contributed by atoms with E-state index in [9.17, 15) is 12.9 Å². The van der Waals surface area contributed by atoms with Gasteiger partial charge < -0.3 is 17.7 Å². The highest BCUT2D eigenvalue weighted by Gasteiger charge is 2.24. The van der Waals surface area contributed by atoms with Crippen LogP contribution in [0.15, 0.2) is 48.5 Å². The van der Waals surface area contributed by atoms with E-state index in [0.29, 0.717) is 16.5 Å². The molecule has 0 saturated heterocycles. The van der Waals surface area contributed by atoms with Gasteiger partial charge in [0, 0.05) is 5.02 Å². The summed E-state index contributed by atoms with van der Waals surface area (Å²) in [5.41, 5.74) is -0.640. The molecule has 18 heavy (non-hydrogen) atoms. The highest BCUT2D eigenvalue weighted by atomic mass is 35.5. The lowest BCUT2D eigenvalue weighted by molar-refractivity contribution is 0.482. The van der Waals surface area contributed by atoms with E-state index in [1.54, 1.807) is 24.3 Å². The highest BCUT2D eigenvalue weighted by molar-refractivity contribution is 6.73. The van der Waals surface area contributed by atoms with Crippen molar-refractivity contribution in [1.29, 1.82) is 0 Å². The maximum Gasteiger partial charge on any atom is 0.509 e. The molecule has 0 unspecified atom stereocenters. The monoisotopic (exact) mass is 271 g/mol. The summed E-state index contributed by atoms with van der Waals surface area (Å²) in [7, 11) is 0. The summed E-state index contributed by atoms with van der Waals surface area (Å²) in [6, 6.07) is 11.2. The molecule has 2 aromatic carbocycles. The normalized spacial score (nSPS) is 11.3. The Bertz CT molecular complexity index is 523. The number of halogens is 4. The van der Waals surface area contributed by atoms with Crippen LogP contribution in [0.3, 0.4) is 0 Å². The molecule has 0 aromatic heterocycles. The van der Waals surface area contributed by atoms with Crippen LogP contribution in [0.1, 0.15) is 0 Å². The van der Waals surface area contributed by atoms with E-state index in [0.717, 1.165) is 12.1 Å². The number of hydrogen-bond donors (Lipinski definition) is 0. The molecule has 0 N–H and O–H groups in total. The second-order valence-corrected chi connectivity index (χ2v) is 4.14. The third kappa shape index (κ3) is 3.20. The minimum Gasteiger partial charge on any atom is -0.457 e. The maximum absolute atomic E-state index is 12.4. The molecule has 2 aromatic rings. The van der Waals surface area contributed by atoms with Crippen LogP contribution < -0.4 is 10.2 Å². The Balaban J connectivity index is 2.13. The van der Waals surface area contributed by atoms with Gasteiger partial charge in [-0.15, -0.1) is 5.46 Å². The first-order valence-electron chi connectivity index (χ1n) is 5.18. The first-order valence-corrected chi connectivity index (χ1v) is 5.56. The minimum atomic E-state index is -4.96. The van der Waals surface area contributed by atoms with E-state index in [4.69, 9.17) is 16.3 Å². The zero-order chi connectivity index (χ0) is 13.2. The van der Waals surface area contributed by atoms with Gasteiger partial charge in [-0.05, 0) is 36.4 Å². The summed E-state index contributed by atoms with van der Waals surface area (Å²) in [6.07, 6.45) is 0. The van der Waals surface area contributed by atoms with Gasteiger partial charge in [-0.3, -0.25) is 0 Å². The third-order valence-electron chi connectivity index (χ3n) is 2.31. The predicted octanol–water partition coefficient (Wildman–Crippen LogP) is 4.19. The van der Waals surface area contributed by atoms with E-state index in [-0.39, 0.29) is 0 Å². The zero-order valence-corrected chi connectivity index (χ0v) is 9.87. The Morgan fingerprint density at radius 2 is 1.22 bits per heavy atom. The summed E-state index contributed by atoms with van der Waals surface area (Å²) >= 11 is 5.71. The van der Waals surface area contributed by atoms with Crippen molar-refractivity contribution < 1.29 is 17.7 Å². The van der Waals surface area contributed by atoms with Gasteiger partial charge in [0.15, 0.2) is 0 Å². The van der Waals surface area contributed by atoms with Gasteiger partial charge in [-0.1, -0.05) is 23.7 Å². The van der Waals surface area contributed by atoms with Gasteiger partial charge >= 0.3 is 6.98 Å². The van der Waals surface area contributed by atoms with Crippen LogP contribution in [0, 0.1) is 0 Å². The largest absolute Gasteiger partial charge is 0.509 e. The van der Waals surface area contributed by atoms with E-state index in [2.05, 4.69) is 0 Å². The van der Waals surface area contributed by atoms with Crippen LogP contribution in [0.5, 0.6) is 11.5 Å². The second kappa shape index (κ2) is 4.94. The Kier molecular flexibility index (Phi) is 3.52. The molecule has 1 nitrogen and oxygen atoms in total. The van der Waals surface area contributed by atoms with Crippen molar-refractivity contribution in [2.24, 2.45) is 0 Å². The lowest BCUT2D eigenvalue weighted by Crippen LogP contribution is -2.33. The number of benzene rings is 2. The molecule has 0 fully saturated rings. The fourth-order valence-electron chi connectivity index (χ4n) is 1.39. The Morgan fingerprint density at radius 3 is 1.67 bits per heavy atom. The van der Waals surface area contributed by atoms with Crippen LogP contribution in [0.2, 0.25) is 5.02 Å². The molecular weight excluding hydrogens is 263 g/mol. The number of hydrogen-bond acceptors (Lipinski definition) is 1. The Hall–Kier alpha value is -1.62. The lowest BCUT2D eigenvalue weighted by atomic mass is 9.80. The molecule has 0 aliphatic carbocycles. The quantitative estimate of drug-likeness (QED) is 0.761. The van der Waals surface area contributed by atoms with Gasteiger partial charge in [-0.2, -0.15) is 0 Å². The van der Waals surface area contributed by atoms with E-state index < -0.39 is 12.4 Å². The molecule has 0 radical (unpaired) electrons. The Morgan fingerprint density at radius 1 is 0.778 bits per heavy atom. The minimum absolute atomic E-state index is 0.348. The molecule has 6 heteroatoms. The van der Waals surface area contributed by atoms with Gasteiger partial charge in [-0.25, -0.2) is 0 Å². The van der Waals surface area contributed by atoms with Crippen molar-refractivity contribution in [2.45, 2.75) is 0 Å². The van der Waals surface area contributed by atoms with E-state index in [1.807, 2.05) is 0 Å². The summed E-state index contributed by atoms with van der Waals surface area (Å²) in [5.74, 6) is 0.866. The molecular formula is C12H8BClF3O-. The van der Waals surface area contributed by atoms with Gasteiger partial charge in [0.1, 0.15) is 11.5 Å². The average molecular weight is 271 g/mol. The molecule has 94 valence electrons. The average Bonchev–Trinajstić information content (AvgIpc) is 2.32. The van der Waals surface area contributed by atoms with E-state index >= 15 is 0 Å². The predicted molar refractivity (Wildman–Crippen MR) is 66.7 cm³/mol. The maximum atomic E-state index is 12.4.